The molecule has 7 heteroatoms. The number of aliphatic hydroxyl groups excluding tert-OH is 2. The number of benzene rings is 1. The second-order valence-electron chi connectivity index (χ2n) is 3.19. The minimum Gasteiger partial charge on any atom is -0.508 e. The number of carbonyl (C=O) groups excluding carboxylic acids is 1. The van der Waals surface area contributed by atoms with Gasteiger partial charge in [-0.2, -0.15) is 0 Å². The predicted octanol–water partition coefficient (Wildman–Crippen LogP) is -1.32. The maximum atomic E-state index is 10.6. The lowest BCUT2D eigenvalue weighted by atomic mass is 10.0. The molecule has 0 aliphatic carbocycles. The third-order valence-corrected chi connectivity index (χ3v) is 2.01. The van der Waals surface area contributed by atoms with E-state index in [1.807, 2.05) is 0 Å². The van der Waals surface area contributed by atoms with Crippen molar-refractivity contribution in [3.8, 4) is 17.2 Å². The number of nitrogens with two attached hydrogens (primary N) is 1. The van der Waals surface area contributed by atoms with E-state index in [1.165, 1.54) is 0 Å². The Labute approximate surface area is 90.0 Å². The van der Waals surface area contributed by atoms with E-state index in [-0.39, 0.29) is 0 Å². The highest BCUT2D eigenvalue weighted by Crippen LogP contribution is 2.37. The average molecular weight is 229 g/mol. The quantitative estimate of drug-likeness (QED) is 0.379. The molecule has 1 aromatic rings. The van der Waals surface area contributed by atoms with Crippen LogP contribution in [0.25, 0.3) is 0 Å². The van der Waals surface area contributed by atoms with E-state index in [9.17, 15) is 20.1 Å². The minimum absolute atomic E-state index is 0.431. The maximum Gasteiger partial charge on any atom is 0.249 e. The van der Waals surface area contributed by atoms with Crippen molar-refractivity contribution in [1.29, 1.82) is 0 Å². The van der Waals surface area contributed by atoms with Crippen LogP contribution >= 0.6 is 0 Å². The maximum absolute atomic E-state index is 10.6. The first-order valence-corrected chi connectivity index (χ1v) is 4.25. The molecule has 1 rings (SSSR count). The molecular weight excluding hydrogens is 218 g/mol. The Bertz CT molecular complexity index is 395. The summed E-state index contributed by atoms with van der Waals surface area (Å²) >= 11 is 0. The second-order valence-corrected chi connectivity index (χ2v) is 3.19. The van der Waals surface area contributed by atoms with Crippen LogP contribution in [0.2, 0.25) is 0 Å². The van der Waals surface area contributed by atoms with Crippen molar-refractivity contribution >= 4 is 5.91 Å². The molecule has 0 radical (unpaired) electrons. The molecule has 16 heavy (non-hydrogen) atoms. The van der Waals surface area contributed by atoms with Crippen LogP contribution in [0.4, 0.5) is 0 Å². The van der Waals surface area contributed by atoms with Crippen molar-refractivity contribution in [3.05, 3.63) is 17.7 Å². The largest absolute Gasteiger partial charge is 0.508 e. The number of aromatic hydroxyl groups is 3. The molecule has 0 bridgehead atoms. The van der Waals surface area contributed by atoms with Crippen molar-refractivity contribution in [2.75, 3.05) is 0 Å². The molecule has 88 valence electrons. The zero-order valence-electron chi connectivity index (χ0n) is 8.03. The number of amides is 1. The highest BCUT2D eigenvalue weighted by molar-refractivity contribution is 5.79. The average Bonchev–Trinajstić information content (AvgIpc) is 2.14. The number of hydrogen-bond acceptors (Lipinski definition) is 6. The SMILES string of the molecule is NC(=O)C(O)C(O)c1c(O)cc(O)cc1O. The Kier molecular flexibility index (Phi) is 3.21. The third-order valence-electron chi connectivity index (χ3n) is 2.01. The van der Waals surface area contributed by atoms with Crippen LogP contribution in [-0.4, -0.2) is 37.5 Å². The molecule has 0 aromatic heterocycles. The Morgan fingerprint density at radius 3 is 1.94 bits per heavy atom. The molecule has 0 aliphatic heterocycles. The van der Waals surface area contributed by atoms with Crippen LogP contribution < -0.4 is 5.73 Å². The van der Waals surface area contributed by atoms with E-state index in [0.717, 1.165) is 12.1 Å². The van der Waals surface area contributed by atoms with Crippen LogP contribution in [0.5, 0.6) is 17.2 Å². The van der Waals surface area contributed by atoms with Gasteiger partial charge in [-0.1, -0.05) is 0 Å². The molecule has 2 unspecified atom stereocenters. The second kappa shape index (κ2) is 4.25. The van der Waals surface area contributed by atoms with Gasteiger partial charge >= 0.3 is 0 Å². The van der Waals surface area contributed by atoms with E-state index in [4.69, 9.17) is 15.9 Å². The van der Waals surface area contributed by atoms with Gasteiger partial charge in [-0.25, -0.2) is 0 Å². The van der Waals surface area contributed by atoms with Crippen molar-refractivity contribution < 1.29 is 30.3 Å². The van der Waals surface area contributed by atoms with Gasteiger partial charge in [0.05, 0.1) is 5.56 Å². The number of hydrogen-bond donors (Lipinski definition) is 6. The molecule has 7 N–H and O–H groups in total. The van der Waals surface area contributed by atoms with Gasteiger partial charge in [-0.05, 0) is 0 Å². The summed E-state index contributed by atoms with van der Waals surface area (Å²) in [5.41, 5.74) is 4.26. The standard InChI is InChI=1S/C9H11NO6/c10-9(16)8(15)7(14)6-4(12)1-3(11)2-5(6)13/h1-2,7-8,11-15H,(H2,10,16). The first-order valence-electron chi connectivity index (χ1n) is 4.25. The first-order chi connectivity index (χ1) is 7.34. The number of phenols is 3. The third kappa shape index (κ3) is 2.15. The number of phenolic OH excluding ortho intramolecular Hbond substituents is 3. The van der Waals surface area contributed by atoms with Crippen molar-refractivity contribution in [2.45, 2.75) is 12.2 Å². The van der Waals surface area contributed by atoms with E-state index in [0.29, 0.717) is 0 Å². The molecule has 1 aromatic carbocycles. The summed E-state index contributed by atoms with van der Waals surface area (Å²) < 4.78 is 0. The fourth-order valence-corrected chi connectivity index (χ4v) is 1.23. The van der Waals surface area contributed by atoms with Gasteiger partial charge in [-0.3, -0.25) is 4.79 Å². The summed E-state index contributed by atoms with van der Waals surface area (Å²) in [5, 5.41) is 46.3. The van der Waals surface area contributed by atoms with Crippen molar-refractivity contribution in [3.63, 3.8) is 0 Å². The van der Waals surface area contributed by atoms with Gasteiger partial charge in [0, 0.05) is 12.1 Å². The van der Waals surface area contributed by atoms with Crippen LogP contribution in [0.15, 0.2) is 12.1 Å². The summed E-state index contributed by atoms with van der Waals surface area (Å²) in [4.78, 5) is 10.6. The van der Waals surface area contributed by atoms with E-state index in [2.05, 4.69) is 0 Å². The molecule has 0 heterocycles. The number of rotatable bonds is 3. The van der Waals surface area contributed by atoms with Gasteiger partial charge in [0.2, 0.25) is 5.91 Å². The molecule has 7 nitrogen and oxygen atoms in total. The molecule has 2 atom stereocenters. The molecule has 0 saturated carbocycles. The fourth-order valence-electron chi connectivity index (χ4n) is 1.23. The van der Waals surface area contributed by atoms with E-state index < -0.39 is 40.9 Å². The lowest BCUT2D eigenvalue weighted by Gasteiger charge is -2.17. The molecule has 1 amide bonds. The van der Waals surface area contributed by atoms with Gasteiger partial charge in [0.25, 0.3) is 0 Å². The fraction of sp³-hybridized carbons (Fsp3) is 0.222. The smallest absolute Gasteiger partial charge is 0.249 e. The van der Waals surface area contributed by atoms with Gasteiger partial charge in [0.15, 0.2) is 6.10 Å². The molecule has 0 aliphatic rings. The number of aliphatic hydroxyl groups is 2. The van der Waals surface area contributed by atoms with Crippen LogP contribution in [0, 0.1) is 0 Å². The monoisotopic (exact) mass is 229 g/mol. The van der Waals surface area contributed by atoms with Gasteiger partial charge in [0.1, 0.15) is 23.4 Å². The summed E-state index contributed by atoms with van der Waals surface area (Å²) in [6.07, 6.45) is -3.85. The lowest BCUT2D eigenvalue weighted by Crippen LogP contribution is -2.33. The van der Waals surface area contributed by atoms with Crippen molar-refractivity contribution in [1.82, 2.24) is 0 Å². The Hall–Kier alpha value is -1.99. The predicted molar refractivity (Wildman–Crippen MR) is 51.6 cm³/mol. The Morgan fingerprint density at radius 2 is 1.56 bits per heavy atom. The summed E-state index contributed by atoms with van der Waals surface area (Å²) in [5.74, 6) is -2.96. The zero-order chi connectivity index (χ0) is 12.5. The summed E-state index contributed by atoms with van der Waals surface area (Å²) in [6.45, 7) is 0. The first kappa shape index (κ1) is 12.1. The van der Waals surface area contributed by atoms with Crippen LogP contribution in [-0.2, 0) is 4.79 Å². The summed E-state index contributed by atoms with van der Waals surface area (Å²) in [7, 11) is 0. The summed E-state index contributed by atoms with van der Waals surface area (Å²) in [6, 6.07) is 1.68. The molecular formula is C9H11NO6. The van der Waals surface area contributed by atoms with E-state index in [1.54, 1.807) is 0 Å². The Balaban J connectivity index is 3.18. The van der Waals surface area contributed by atoms with Gasteiger partial charge < -0.3 is 31.3 Å². The van der Waals surface area contributed by atoms with Crippen LogP contribution in [0.3, 0.4) is 0 Å². The van der Waals surface area contributed by atoms with Gasteiger partial charge in [-0.15, -0.1) is 0 Å². The highest BCUT2D eigenvalue weighted by Gasteiger charge is 2.28. The number of primary amides is 1. The molecule has 0 saturated heterocycles. The Morgan fingerprint density at radius 1 is 1.12 bits per heavy atom. The highest BCUT2D eigenvalue weighted by atomic mass is 16.3. The number of carbonyl (C=O) groups is 1. The van der Waals surface area contributed by atoms with Crippen molar-refractivity contribution in [2.24, 2.45) is 5.73 Å². The molecule has 0 spiro atoms. The lowest BCUT2D eigenvalue weighted by molar-refractivity contribution is -0.132. The normalized spacial score (nSPS) is 14.4. The minimum atomic E-state index is -1.97. The topological polar surface area (TPSA) is 144 Å². The van der Waals surface area contributed by atoms with Crippen LogP contribution in [0.1, 0.15) is 11.7 Å². The zero-order valence-corrected chi connectivity index (χ0v) is 8.03. The molecule has 0 fully saturated rings. The van der Waals surface area contributed by atoms with E-state index >= 15 is 0 Å².